The van der Waals surface area contributed by atoms with E-state index in [4.69, 9.17) is 5.11 Å². The molecule has 2 rings (SSSR count). The molecule has 0 saturated carbocycles. The molecule has 2 aromatic rings. The monoisotopic (exact) mass is 300 g/mol. The van der Waals surface area contributed by atoms with Gasteiger partial charge in [0.25, 0.3) is 5.69 Å². The Morgan fingerprint density at radius 1 is 1.23 bits per heavy atom. The van der Waals surface area contributed by atoms with E-state index in [0.29, 0.717) is 16.8 Å². The van der Waals surface area contributed by atoms with Crippen LogP contribution in [0.5, 0.6) is 0 Å². The van der Waals surface area contributed by atoms with E-state index in [1.165, 1.54) is 12.1 Å². The van der Waals surface area contributed by atoms with Crippen LogP contribution in [0.15, 0.2) is 42.5 Å². The number of hydrogen-bond acceptors (Lipinski definition) is 4. The van der Waals surface area contributed by atoms with Gasteiger partial charge in [0, 0.05) is 17.8 Å². The minimum Gasteiger partial charge on any atom is -0.392 e. The van der Waals surface area contributed by atoms with Crippen LogP contribution in [0.3, 0.4) is 0 Å². The number of nitrogens with zero attached hydrogens (tertiary/aromatic N) is 1. The molecule has 2 aromatic carbocycles. The highest BCUT2D eigenvalue weighted by Crippen LogP contribution is 2.18. The van der Waals surface area contributed by atoms with Crippen molar-refractivity contribution in [3.8, 4) is 0 Å². The zero-order valence-electron chi connectivity index (χ0n) is 12.1. The van der Waals surface area contributed by atoms with E-state index >= 15 is 0 Å². The Kier molecular flexibility index (Phi) is 4.85. The number of benzene rings is 2. The second kappa shape index (κ2) is 6.82. The molecule has 2 N–H and O–H groups in total. The molecule has 0 aliphatic rings. The van der Waals surface area contributed by atoms with E-state index in [2.05, 4.69) is 5.32 Å². The van der Waals surface area contributed by atoms with Crippen molar-refractivity contribution in [1.29, 1.82) is 0 Å². The predicted octanol–water partition coefficient (Wildman–Crippen LogP) is 2.58. The van der Waals surface area contributed by atoms with Crippen LogP contribution >= 0.6 is 0 Å². The van der Waals surface area contributed by atoms with Gasteiger partial charge in [0.2, 0.25) is 5.91 Å². The number of aryl methyl sites for hydroxylation is 1. The molecule has 0 fully saturated rings. The lowest BCUT2D eigenvalue weighted by atomic mass is 10.1. The van der Waals surface area contributed by atoms with Gasteiger partial charge < -0.3 is 10.4 Å². The Morgan fingerprint density at radius 3 is 2.68 bits per heavy atom. The van der Waals surface area contributed by atoms with Crippen molar-refractivity contribution < 1.29 is 14.8 Å². The summed E-state index contributed by atoms with van der Waals surface area (Å²) >= 11 is 0. The molecule has 0 saturated heterocycles. The van der Waals surface area contributed by atoms with Crippen LogP contribution in [0.1, 0.15) is 16.7 Å². The number of aliphatic hydroxyl groups is 1. The van der Waals surface area contributed by atoms with Crippen molar-refractivity contribution in [3.05, 3.63) is 69.3 Å². The molecule has 0 aliphatic heterocycles. The molecular weight excluding hydrogens is 284 g/mol. The number of nitrogens with one attached hydrogen (secondary N) is 1. The summed E-state index contributed by atoms with van der Waals surface area (Å²) in [7, 11) is 0. The maximum atomic E-state index is 12.1. The third kappa shape index (κ3) is 3.89. The highest BCUT2D eigenvalue weighted by Gasteiger charge is 2.10. The van der Waals surface area contributed by atoms with Gasteiger partial charge in [-0.25, -0.2) is 0 Å². The number of carbonyl (C=O) groups is 1. The second-order valence-electron chi connectivity index (χ2n) is 4.96. The molecule has 0 aliphatic carbocycles. The highest BCUT2D eigenvalue weighted by molar-refractivity contribution is 5.93. The molecule has 114 valence electrons. The van der Waals surface area contributed by atoms with Gasteiger partial charge in [-0.3, -0.25) is 14.9 Å². The number of nitro benzene ring substituents is 1. The summed E-state index contributed by atoms with van der Waals surface area (Å²) < 4.78 is 0. The van der Waals surface area contributed by atoms with E-state index in [9.17, 15) is 14.9 Å². The van der Waals surface area contributed by atoms with Crippen molar-refractivity contribution in [2.24, 2.45) is 0 Å². The van der Waals surface area contributed by atoms with Crippen molar-refractivity contribution in [2.75, 3.05) is 5.32 Å². The Balaban J connectivity index is 2.10. The van der Waals surface area contributed by atoms with Gasteiger partial charge in [0.05, 0.1) is 18.0 Å². The molecule has 0 radical (unpaired) electrons. The summed E-state index contributed by atoms with van der Waals surface area (Å²) in [4.78, 5) is 22.3. The Bertz CT molecular complexity index is 713. The number of carbonyl (C=O) groups excluding carboxylic acids is 1. The standard InChI is InChI=1S/C16H16N2O4/c1-11-5-6-13(10-19)8-15(11)17-16(20)9-12-3-2-4-14(7-12)18(21)22/h2-8,19H,9-10H2,1H3,(H,17,20). The molecule has 0 heterocycles. The highest BCUT2D eigenvalue weighted by atomic mass is 16.6. The van der Waals surface area contributed by atoms with Gasteiger partial charge in [-0.15, -0.1) is 0 Å². The maximum Gasteiger partial charge on any atom is 0.269 e. The largest absolute Gasteiger partial charge is 0.392 e. The van der Waals surface area contributed by atoms with Gasteiger partial charge in [0.1, 0.15) is 0 Å². The molecule has 0 unspecified atom stereocenters. The van der Waals surface area contributed by atoms with Crippen molar-refractivity contribution in [3.63, 3.8) is 0 Å². The molecule has 22 heavy (non-hydrogen) atoms. The fourth-order valence-corrected chi connectivity index (χ4v) is 2.06. The SMILES string of the molecule is Cc1ccc(CO)cc1NC(=O)Cc1cccc([N+](=O)[O-])c1. The quantitative estimate of drug-likeness (QED) is 0.655. The molecule has 0 bridgehead atoms. The van der Waals surface area contributed by atoms with E-state index in [-0.39, 0.29) is 24.6 Å². The fraction of sp³-hybridized carbons (Fsp3) is 0.188. The molecule has 0 aromatic heterocycles. The lowest BCUT2D eigenvalue weighted by Crippen LogP contribution is -2.15. The van der Waals surface area contributed by atoms with E-state index in [1.54, 1.807) is 24.3 Å². The average molecular weight is 300 g/mol. The Hall–Kier alpha value is -2.73. The zero-order chi connectivity index (χ0) is 16.1. The Labute approximate surface area is 127 Å². The van der Waals surface area contributed by atoms with Crippen LogP contribution in [-0.2, 0) is 17.8 Å². The van der Waals surface area contributed by atoms with Crippen LogP contribution in [0.25, 0.3) is 0 Å². The number of non-ortho nitro benzene ring substituents is 1. The summed E-state index contributed by atoms with van der Waals surface area (Å²) in [6.07, 6.45) is 0.0461. The van der Waals surface area contributed by atoms with Gasteiger partial charge in [-0.1, -0.05) is 24.3 Å². The topological polar surface area (TPSA) is 92.5 Å². The summed E-state index contributed by atoms with van der Waals surface area (Å²) in [6.45, 7) is 1.75. The van der Waals surface area contributed by atoms with Crippen molar-refractivity contribution >= 4 is 17.3 Å². The summed E-state index contributed by atoms with van der Waals surface area (Å²) in [5.74, 6) is -0.265. The van der Waals surface area contributed by atoms with Crippen molar-refractivity contribution in [1.82, 2.24) is 0 Å². The first-order valence-corrected chi connectivity index (χ1v) is 6.73. The summed E-state index contributed by atoms with van der Waals surface area (Å²) in [5, 5.41) is 22.6. The van der Waals surface area contributed by atoms with Crippen LogP contribution < -0.4 is 5.32 Å². The Morgan fingerprint density at radius 2 is 2.00 bits per heavy atom. The van der Waals surface area contributed by atoms with Crippen LogP contribution in [0.2, 0.25) is 0 Å². The third-order valence-corrected chi connectivity index (χ3v) is 3.24. The normalized spacial score (nSPS) is 10.3. The summed E-state index contributed by atoms with van der Waals surface area (Å²) in [5.41, 5.74) is 2.74. The number of aliphatic hydroxyl groups excluding tert-OH is 1. The van der Waals surface area contributed by atoms with E-state index in [1.807, 2.05) is 13.0 Å². The number of nitro groups is 1. The number of amides is 1. The van der Waals surface area contributed by atoms with Gasteiger partial charge >= 0.3 is 0 Å². The first kappa shape index (κ1) is 15.7. The number of rotatable bonds is 5. The molecule has 0 spiro atoms. The van der Waals surface area contributed by atoms with Crippen molar-refractivity contribution in [2.45, 2.75) is 20.0 Å². The maximum absolute atomic E-state index is 12.1. The second-order valence-corrected chi connectivity index (χ2v) is 4.96. The fourth-order valence-electron chi connectivity index (χ4n) is 2.06. The number of anilines is 1. The molecule has 1 amide bonds. The lowest BCUT2D eigenvalue weighted by Gasteiger charge is -2.10. The zero-order valence-corrected chi connectivity index (χ0v) is 12.1. The van der Waals surface area contributed by atoms with E-state index < -0.39 is 4.92 Å². The number of hydrogen-bond donors (Lipinski definition) is 2. The van der Waals surface area contributed by atoms with Crippen LogP contribution in [0, 0.1) is 17.0 Å². The molecule has 6 heteroatoms. The van der Waals surface area contributed by atoms with Gasteiger partial charge in [0.15, 0.2) is 0 Å². The minimum absolute atomic E-state index is 0.0382. The first-order chi connectivity index (χ1) is 10.5. The minimum atomic E-state index is -0.490. The summed E-state index contributed by atoms with van der Waals surface area (Å²) in [6, 6.07) is 11.3. The third-order valence-electron chi connectivity index (χ3n) is 3.24. The van der Waals surface area contributed by atoms with Gasteiger partial charge in [-0.05, 0) is 29.7 Å². The van der Waals surface area contributed by atoms with Gasteiger partial charge in [-0.2, -0.15) is 0 Å². The molecular formula is C16H16N2O4. The lowest BCUT2D eigenvalue weighted by molar-refractivity contribution is -0.384. The van der Waals surface area contributed by atoms with Crippen LogP contribution in [0.4, 0.5) is 11.4 Å². The van der Waals surface area contributed by atoms with Crippen LogP contribution in [-0.4, -0.2) is 15.9 Å². The molecule has 0 atom stereocenters. The predicted molar refractivity (Wildman–Crippen MR) is 82.5 cm³/mol. The van der Waals surface area contributed by atoms with E-state index in [0.717, 1.165) is 5.56 Å². The average Bonchev–Trinajstić information content (AvgIpc) is 2.49. The molecule has 6 nitrogen and oxygen atoms in total. The smallest absolute Gasteiger partial charge is 0.269 e. The first-order valence-electron chi connectivity index (χ1n) is 6.73.